The van der Waals surface area contributed by atoms with E-state index in [9.17, 15) is 4.39 Å². The number of nitrogens with one attached hydrogen (secondary N) is 1. The molecule has 0 aliphatic heterocycles. The molecule has 0 amide bonds. The SMILES string of the molecule is CC(C)(CO)CNCc1ccc(Cl)cc1F. The fourth-order valence-corrected chi connectivity index (χ4v) is 1.42. The maximum atomic E-state index is 13.4. The fourth-order valence-electron chi connectivity index (χ4n) is 1.26. The van der Waals surface area contributed by atoms with Crippen molar-refractivity contribution in [3.63, 3.8) is 0 Å². The molecule has 2 nitrogen and oxygen atoms in total. The summed E-state index contributed by atoms with van der Waals surface area (Å²) in [5, 5.41) is 12.6. The first-order valence-electron chi connectivity index (χ1n) is 5.20. The first-order chi connectivity index (χ1) is 7.44. The van der Waals surface area contributed by atoms with Gasteiger partial charge in [0.2, 0.25) is 0 Å². The molecule has 0 aromatic heterocycles. The molecule has 0 fully saturated rings. The van der Waals surface area contributed by atoms with Gasteiger partial charge in [-0.25, -0.2) is 4.39 Å². The summed E-state index contributed by atoms with van der Waals surface area (Å²) in [7, 11) is 0. The molecule has 0 bridgehead atoms. The number of aliphatic hydroxyl groups excluding tert-OH is 1. The zero-order valence-corrected chi connectivity index (χ0v) is 10.3. The molecule has 1 aromatic carbocycles. The molecule has 4 heteroatoms. The number of hydrogen-bond acceptors (Lipinski definition) is 2. The van der Waals surface area contributed by atoms with Gasteiger partial charge in [0.25, 0.3) is 0 Å². The van der Waals surface area contributed by atoms with Crippen LogP contribution in [0.1, 0.15) is 19.4 Å². The van der Waals surface area contributed by atoms with Crippen molar-refractivity contribution in [3.8, 4) is 0 Å². The Bertz CT molecular complexity index is 355. The van der Waals surface area contributed by atoms with Gasteiger partial charge in [-0.3, -0.25) is 0 Å². The average Bonchev–Trinajstić information content (AvgIpc) is 2.21. The first kappa shape index (κ1) is 13.4. The average molecular weight is 246 g/mol. The zero-order chi connectivity index (χ0) is 12.2. The Kier molecular flexibility index (Phi) is 4.71. The zero-order valence-electron chi connectivity index (χ0n) is 9.56. The van der Waals surface area contributed by atoms with Crippen molar-refractivity contribution in [3.05, 3.63) is 34.6 Å². The summed E-state index contributed by atoms with van der Waals surface area (Å²) < 4.78 is 13.4. The minimum atomic E-state index is -0.304. The maximum Gasteiger partial charge on any atom is 0.129 e. The number of benzene rings is 1. The number of rotatable bonds is 5. The van der Waals surface area contributed by atoms with E-state index in [1.54, 1.807) is 12.1 Å². The van der Waals surface area contributed by atoms with E-state index >= 15 is 0 Å². The van der Waals surface area contributed by atoms with Crippen LogP contribution in [0.3, 0.4) is 0 Å². The molecule has 0 saturated heterocycles. The summed E-state index contributed by atoms with van der Waals surface area (Å²) >= 11 is 5.65. The second-order valence-corrected chi connectivity index (χ2v) is 5.10. The lowest BCUT2D eigenvalue weighted by atomic mass is 9.95. The molecular formula is C12H17ClFNO. The van der Waals surface area contributed by atoms with Crippen molar-refractivity contribution in [1.82, 2.24) is 5.32 Å². The minimum Gasteiger partial charge on any atom is -0.396 e. The second kappa shape index (κ2) is 5.62. The van der Waals surface area contributed by atoms with E-state index in [0.29, 0.717) is 23.7 Å². The molecule has 16 heavy (non-hydrogen) atoms. The van der Waals surface area contributed by atoms with E-state index in [4.69, 9.17) is 16.7 Å². The van der Waals surface area contributed by atoms with Gasteiger partial charge in [-0.1, -0.05) is 31.5 Å². The lowest BCUT2D eigenvalue weighted by Crippen LogP contribution is -2.32. The van der Waals surface area contributed by atoms with Crippen LogP contribution in [0.5, 0.6) is 0 Å². The van der Waals surface area contributed by atoms with E-state index < -0.39 is 0 Å². The molecule has 0 spiro atoms. The van der Waals surface area contributed by atoms with Crippen LogP contribution in [-0.4, -0.2) is 18.3 Å². The van der Waals surface area contributed by atoms with Crippen molar-refractivity contribution in [2.45, 2.75) is 20.4 Å². The van der Waals surface area contributed by atoms with Crippen LogP contribution in [0.15, 0.2) is 18.2 Å². The minimum absolute atomic E-state index is 0.100. The van der Waals surface area contributed by atoms with Crippen LogP contribution in [0.25, 0.3) is 0 Å². The van der Waals surface area contributed by atoms with Crippen LogP contribution >= 0.6 is 11.6 Å². The Morgan fingerprint density at radius 3 is 2.69 bits per heavy atom. The lowest BCUT2D eigenvalue weighted by molar-refractivity contribution is 0.156. The van der Waals surface area contributed by atoms with E-state index in [1.807, 2.05) is 13.8 Å². The fraction of sp³-hybridized carbons (Fsp3) is 0.500. The van der Waals surface area contributed by atoms with Crippen LogP contribution in [0.2, 0.25) is 5.02 Å². The van der Waals surface area contributed by atoms with Crippen LogP contribution in [0.4, 0.5) is 4.39 Å². The van der Waals surface area contributed by atoms with Gasteiger partial charge in [-0.2, -0.15) is 0 Å². The Morgan fingerprint density at radius 1 is 1.44 bits per heavy atom. The third-order valence-electron chi connectivity index (χ3n) is 2.36. The van der Waals surface area contributed by atoms with E-state index in [-0.39, 0.29) is 17.8 Å². The van der Waals surface area contributed by atoms with Gasteiger partial charge in [-0.15, -0.1) is 0 Å². The van der Waals surface area contributed by atoms with Crippen molar-refractivity contribution in [2.75, 3.05) is 13.2 Å². The Morgan fingerprint density at radius 2 is 2.12 bits per heavy atom. The first-order valence-corrected chi connectivity index (χ1v) is 5.58. The molecular weight excluding hydrogens is 229 g/mol. The third kappa shape index (κ3) is 4.08. The predicted octanol–water partition coefficient (Wildman–Crippen LogP) is 2.59. The van der Waals surface area contributed by atoms with Gasteiger partial charge in [0, 0.05) is 35.7 Å². The molecule has 0 aliphatic rings. The molecule has 2 N–H and O–H groups in total. The van der Waals surface area contributed by atoms with E-state index in [2.05, 4.69) is 5.32 Å². The summed E-state index contributed by atoms with van der Waals surface area (Å²) in [5.74, 6) is -0.304. The maximum absolute atomic E-state index is 13.4. The Hall–Kier alpha value is -0.640. The third-order valence-corrected chi connectivity index (χ3v) is 2.60. The standard InChI is InChI=1S/C12H17ClFNO/c1-12(2,8-16)7-15-6-9-3-4-10(13)5-11(9)14/h3-5,15-16H,6-8H2,1-2H3. The van der Waals surface area contributed by atoms with Gasteiger partial charge in [-0.05, 0) is 12.1 Å². The molecule has 0 saturated carbocycles. The quantitative estimate of drug-likeness (QED) is 0.836. The summed E-state index contributed by atoms with van der Waals surface area (Å²) in [4.78, 5) is 0. The molecule has 0 heterocycles. The van der Waals surface area contributed by atoms with Crippen molar-refractivity contribution >= 4 is 11.6 Å². The number of hydrogen-bond donors (Lipinski definition) is 2. The highest BCUT2D eigenvalue weighted by Crippen LogP contribution is 2.15. The van der Waals surface area contributed by atoms with Crippen LogP contribution in [-0.2, 0) is 6.54 Å². The predicted molar refractivity (Wildman–Crippen MR) is 64.0 cm³/mol. The largest absolute Gasteiger partial charge is 0.396 e. The monoisotopic (exact) mass is 245 g/mol. The summed E-state index contributed by atoms with van der Waals surface area (Å²) in [6, 6.07) is 4.63. The number of aliphatic hydroxyl groups is 1. The molecule has 0 radical (unpaired) electrons. The van der Waals surface area contributed by atoms with Gasteiger partial charge in [0.1, 0.15) is 5.82 Å². The molecule has 0 unspecified atom stereocenters. The normalized spacial score (nSPS) is 11.8. The van der Waals surface area contributed by atoms with Crippen molar-refractivity contribution in [1.29, 1.82) is 0 Å². The highest BCUT2D eigenvalue weighted by Gasteiger charge is 2.15. The molecule has 1 rings (SSSR count). The highest BCUT2D eigenvalue weighted by molar-refractivity contribution is 6.30. The molecule has 90 valence electrons. The molecule has 0 atom stereocenters. The van der Waals surface area contributed by atoms with Gasteiger partial charge in [0.15, 0.2) is 0 Å². The summed E-state index contributed by atoms with van der Waals surface area (Å²) in [5.41, 5.74) is 0.390. The lowest BCUT2D eigenvalue weighted by Gasteiger charge is -2.22. The highest BCUT2D eigenvalue weighted by atomic mass is 35.5. The second-order valence-electron chi connectivity index (χ2n) is 4.66. The molecule has 0 aliphatic carbocycles. The van der Waals surface area contributed by atoms with Crippen molar-refractivity contribution < 1.29 is 9.50 Å². The smallest absolute Gasteiger partial charge is 0.129 e. The summed E-state index contributed by atoms with van der Waals surface area (Å²) in [6.07, 6.45) is 0. The van der Waals surface area contributed by atoms with Crippen LogP contribution < -0.4 is 5.32 Å². The van der Waals surface area contributed by atoms with Gasteiger partial charge < -0.3 is 10.4 Å². The summed E-state index contributed by atoms with van der Waals surface area (Å²) in [6.45, 7) is 5.05. The Balaban J connectivity index is 2.49. The van der Waals surface area contributed by atoms with Crippen molar-refractivity contribution in [2.24, 2.45) is 5.41 Å². The van der Waals surface area contributed by atoms with Gasteiger partial charge in [0.05, 0.1) is 0 Å². The van der Waals surface area contributed by atoms with Gasteiger partial charge >= 0.3 is 0 Å². The number of halogens is 2. The molecule has 1 aromatic rings. The van der Waals surface area contributed by atoms with E-state index in [1.165, 1.54) is 6.07 Å². The topological polar surface area (TPSA) is 32.3 Å². The van der Waals surface area contributed by atoms with Crippen LogP contribution in [0, 0.1) is 11.2 Å². The Labute approximate surface area is 100 Å². The van der Waals surface area contributed by atoms with E-state index in [0.717, 1.165) is 0 Å².